The van der Waals surface area contributed by atoms with Crippen LogP contribution in [0, 0.1) is 13.8 Å². The number of hydrogen-bond acceptors (Lipinski definition) is 3. The van der Waals surface area contributed by atoms with Gasteiger partial charge in [0.05, 0.1) is 11.1 Å². The predicted molar refractivity (Wildman–Crippen MR) is 94.2 cm³/mol. The van der Waals surface area contributed by atoms with Gasteiger partial charge < -0.3 is 5.32 Å². The Morgan fingerprint density at radius 3 is 2.20 bits per heavy atom. The Morgan fingerprint density at radius 2 is 1.60 bits per heavy atom. The van der Waals surface area contributed by atoms with Crippen LogP contribution in [0.5, 0.6) is 0 Å². The fraction of sp³-hybridized carbons (Fsp3) is 0.250. The molecule has 5 nitrogen and oxygen atoms in total. The molecule has 0 fully saturated rings. The smallest absolute Gasteiger partial charge is 0.261 e. The fourth-order valence-electron chi connectivity index (χ4n) is 2.86. The molecule has 1 heterocycles. The largest absolute Gasteiger partial charge is 0.352 e. The van der Waals surface area contributed by atoms with Crippen LogP contribution in [0.1, 0.15) is 43.8 Å². The zero-order valence-electron chi connectivity index (χ0n) is 14.3. The van der Waals surface area contributed by atoms with Gasteiger partial charge in [0.1, 0.15) is 0 Å². The molecular weight excluding hydrogens is 316 g/mol. The van der Waals surface area contributed by atoms with Gasteiger partial charge in [-0.25, -0.2) is 0 Å². The molecule has 0 radical (unpaired) electrons. The molecule has 1 aliphatic heterocycles. The Bertz CT molecular complexity index is 823. The number of nitrogens with one attached hydrogen (secondary N) is 1. The highest BCUT2D eigenvalue weighted by atomic mass is 16.2. The van der Waals surface area contributed by atoms with Crippen LogP contribution >= 0.6 is 0 Å². The van der Waals surface area contributed by atoms with Gasteiger partial charge in [-0.05, 0) is 42.7 Å². The van der Waals surface area contributed by atoms with E-state index in [0.717, 1.165) is 10.5 Å². The molecule has 0 aromatic heterocycles. The molecule has 0 spiro atoms. The normalized spacial score (nSPS) is 13.1. The van der Waals surface area contributed by atoms with Gasteiger partial charge in [-0.3, -0.25) is 19.3 Å². The highest BCUT2D eigenvalue weighted by Gasteiger charge is 2.34. The van der Waals surface area contributed by atoms with E-state index < -0.39 is 0 Å². The van der Waals surface area contributed by atoms with Crippen LogP contribution < -0.4 is 5.32 Å². The molecule has 1 N–H and O–H groups in total. The summed E-state index contributed by atoms with van der Waals surface area (Å²) in [6, 6.07) is 12.8. The molecule has 3 amide bonds. The van der Waals surface area contributed by atoms with Crippen molar-refractivity contribution in [2.24, 2.45) is 0 Å². The minimum absolute atomic E-state index is 0.0884. The average Bonchev–Trinajstić information content (AvgIpc) is 2.85. The first kappa shape index (κ1) is 16.9. The van der Waals surface area contributed by atoms with Crippen LogP contribution in [0.3, 0.4) is 0 Å². The van der Waals surface area contributed by atoms with Crippen molar-refractivity contribution in [1.82, 2.24) is 10.2 Å². The first-order chi connectivity index (χ1) is 12.0. The second-order valence-corrected chi connectivity index (χ2v) is 6.25. The van der Waals surface area contributed by atoms with Crippen molar-refractivity contribution in [2.75, 3.05) is 6.54 Å². The van der Waals surface area contributed by atoms with Crippen LogP contribution in [-0.2, 0) is 11.3 Å². The molecule has 1 aliphatic rings. The second kappa shape index (κ2) is 6.89. The number of benzene rings is 2. The first-order valence-corrected chi connectivity index (χ1v) is 8.25. The van der Waals surface area contributed by atoms with Crippen molar-refractivity contribution in [1.29, 1.82) is 0 Å². The molecular formula is C20H20N2O3. The van der Waals surface area contributed by atoms with Gasteiger partial charge >= 0.3 is 0 Å². The summed E-state index contributed by atoms with van der Waals surface area (Å²) in [5.41, 5.74) is 4.22. The molecule has 128 valence electrons. The lowest BCUT2D eigenvalue weighted by Crippen LogP contribution is -2.34. The van der Waals surface area contributed by atoms with E-state index in [-0.39, 0.29) is 30.7 Å². The van der Waals surface area contributed by atoms with E-state index in [0.29, 0.717) is 17.7 Å². The van der Waals surface area contributed by atoms with Crippen molar-refractivity contribution in [3.63, 3.8) is 0 Å². The number of imide groups is 1. The van der Waals surface area contributed by atoms with E-state index >= 15 is 0 Å². The van der Waals surface area contributed by atoms with E-state index in [1.165, 1.54) is 11.1 Å². The van der Waals surface area contributed by atoms with Gasteiger partial charge in [0, 0.05) is 19.5 Å². The minimum Gasteiger partial charge on any atom is -0.352 e. The maximum atomic E-state index is 12.2. The lowest BCUT2D eigenvalue weighted by Gasteiger charge is -2.13. The molecule has 0 atom stereocenters. The van der Waals surface area contributed by atoms with Crippen LogP contribution in [-0.4, -0.2) is 29.2 Å². The van der Waals surface area contributed by atoms with E-state index in [4.69, 9.17) is 0 Å². The quantitative estimate of drug-likeness (QED) is 0.854. The lowest BCUT2D eigenvalue weighted by atomic mass is 10.1. The highest BCUT2D eigenvalue weighted by molar-refractivity contribution is 6.21. The number of rotatable bonds is 5. The highest BCUT2D eigenvalue weighted by Crippen LogP contribution is 2.22. The molecule has 0 bridgehead atoms. The maximum absolute atomic E-state index is 12.2. The zero-order chi connectivity index (χ0) is 18.0. The van der Waals surface area contributed by atoms with Crippen molar-refractivity contribution in [3.8, 4) is 0 Å². The molecule has 2 aromatic carbocycles. The average molecular weight is 336 g/mol. The Morgan fingerprint density at radius 1 is 0.960 bits per heavy atom. The summed E-state index contributed by atoms with van der Waals surface area (Å²) in [5.74, 6) is -0.847. The van der Waals surface area contributed by atoms with Gasteiger partial charge in [-0.1, -0.05) is 30.3 Å². The minimum atomic E-state index is -0.331. The molecule has 0 unspecified atom stereocenters. The van der Waals surface area contributed by atoms with Gasteiger partial charge in [0.15, 0.2) is 0 Å². The third kappa shape index (κ3) is 3.45. The van der Waals surface area contributed by atoms with Gasteiger partial charge in [0.2, 0.25) is 5.91 Å². The van der Waals surface area contributed by atoms with Gasteiger partial charge in [-0.2, -0.15) is 0 Å². The van der Waals surface area contributed by atoms with Crippen molar-refractivity contribution >= 4 is 17.7 Å². The van der Waals surface area contributed by atoms with Crippen molar-refractivity contribution in [2.45, 2.75) is 26.8 Å². The van der Waals surface area contributed by atoms with Crippen molar-refractivity contribution in [3.05, 3.63) is 70.3 Å². The molecule has 3 rings (SSSR count). The third-order valence-corrected chi connectivity index (χ3v) is 4.50. The van der Waals surface area contributed by atoms with Crippen LogP contribution in [0.15, 0.2) is 42.5 Å². The third-order valence-electron chi connectivity index (χ3n) is 4.50. The van der Waals surface area contributed by atoms with E-state index in [1.54, 1.807) is 24.3 Å². The summed E-state index contributed by atoms with van der Waals surface area (Å²) in [6.07, 6.45) is 0.0936. The molecule has 0 saturated heterocycles. The number of amides is 3. The predicted octanol–water partition coefficient (Wildman–Crippen LogP) is 2.61. The number of carbonyl (C=O) groups is 3. The van der Waals surface area contributed by atoms with Gasteiger partial charge in [0.25, 0.3) is 11.8 Å². The summed E-state index contributed by atoms with van der Waals surface area (Å²) in [5, 5.41) is 2.83. The molecule has 5 heteroatoms. The number of aryl methyl sites for hydroxylation is 2. The zero-order valence-corrected chi connectivity index (χ0v) is 14.3. The second-order valence-electron chi connectivity index (χ2n) is 6.25. The maximum Gasteiger partial charge on any atom is 0.261 e. The summed E-state index contributed by atoms with van der Waals surface area (Å²) < 4.78 is 0. The van der Waals surface area contributed by atoms with Gasteiger partial charge in [-0.15, -0.1) is 0 Å². The van der Waals surface area contributed by atoms with Crippen LogP contribution in [0.2, 0.25) is 0 Å². The number of carbonyl (C=O) groups excluding carboxylic acids is 3. The monoisotopic (exact) mass is 336 g/mol. The van der Waals surface area contributed by atoms with E-state index in [2.05, 4.69) is 5.32 Å². The molecule has 25 heavy (non-hydrogen) atoms. The van der Waals surface area contributed by atoms with Crippen LogP contribution in [0.4, 0.5) is 0 Å². The Kier molecular flexibility index (Phi) is 4.65. The first-order valence-electron chi connectivity index (χ1n) is 8.25. The Balaban J connectivity index is 1.54. The summed E-state index contributed by atoms with van der Waals surface area (Å²) in [7, 11) is 0. The van der Waals surface area contributed by atoms with Crippen molar-refractivity contribution < 1.29 is 14.4 Å². The summed E-state index contributed by atoms with van der Waals surface area (Å²) in [4.78, 5) is 37.7. The lowest BCUT2D eigenvalue weighted by molar-refractivity contribution is -0.121. The molecule has 2 aromatic rings. The molecule has 0 saturated carbocycles. The summed E-state index contributed by atoms with van der Waals surface area (Å²) >= 11 is 0. The van der Waals surface area contributed by atoms with E-state index in [1.807, 2.05) is 32.0 Å². The number of nitrogens with zero attached hydrogens (tertiary/aromatic N) is 1. The molecule has 0 aliphatic carbocycles. The topological polar surface area (TPSA) is 66.5 Å². The standard InChI is InChI=1S/C20H20N2O3/c1-13-7-8-15(11-14(13)2)12-21-18(23)9-10-22-19(24)16-5-3-4-6-17(16)20(22)25/h3-8,11H,9-10,12H2,1-2H3,(H,21,23). The fourth-order valence-corrected chi connectivity index (χ4v) is 2.86. The van der Waals surface area contributed by atoms with E-state index in [9.17, 15) is 14.4 Å². The SMILES string of the molecule is Cc1ccc(CNC(=O)CCN2C(=O)c3ccccc3C2=O)cc1C. The number of fused-ring (bicyclic) bond motifs is 1. The van der Waals surface area contributed by atoms with Crippen LogP contribution in [0.25, 0.3) is 0 Å². The Labute approximate surface area is 146 Å². The number of hydrogen-bond donors (Lipinski definition) is 1. The summed E-state index contributed by atoms with van der Waals surface area (Å²) in [6.45, 7) is 4.59. The Hall–Kier alpha value is -2.95.